The summed E-state index contributed by atoms with van der Waals surface area (Å²) in [4.78, 5) is 19.6. The quantitative estimate of drug-likeness (QED) is 0.445. The number of allylic oxidation sites excluding steroid dienone is 1. The lowest BCUT2D eigenvalue weighted by atomic mass is 10.2. The van der Waals surface area contributed by atoms with Crippen LogP contribution in [0, 0.1) is 0 Å². The molecule has 0 unspecified atom stereocenters. The summed E-state index contributed by atoms with van der Waals surface area (Å²) in [6.45, 7) is 4.07. The van der Waals surface area contributed by atoms with E-state index in [2.05, 4.69) is 9.98 Å². The zero-order chi connectivity index (χ0) is 12.5. The first kappa shape index (κ1) is 13.1. The van der Waals surface area contributed by atoms with Crippen molar-refractivity contribution >= 4 is 18.0 Å². The highest BCUT2D eigenvalue weighted by Gasteiger charge is 2.06. The second-order valence-electron chi connectivity index (χ2n) is 3.23. The highest BCUT2D eigenvalue weighted by atomic mass is 16.5. The average molecular weight is 232 g/mol. The summed E-state index contributed by atoms with van der Waals surface area (Å²) in [5, 5.41) is 0. The Bertz CT molecular complexity index is 411. The van der Waals surface area contributed by atoms with Crippen molar-refractivity contribution in [1.82, 2.24) is 4.98 Å². The molecule has 0 saturated heterocycles. The van der Waals surface area contributed by atoms with Crippen LogP contribution in [0.25, 0.3) is 0 Å². The monoisotopic (exact) mass is 232 g/mol. The molecule has 0 bridgehead atoms. The normalized spacial score (nSPS) is 11.8. The minimum absolute atomic E-state index is 0.289. The van der Waals surface area contributed by atoms with Crippen molar-refractivity contribution in [3.8, 4) is 0 Å². The Morgan fingerprint density at radius 2 is 2.29 bits per heavy atom. The predicted molar refractivity (Wildman–Crippen MR) is 67.4 cm³/mol. The summed E-state index contributed by atoms with van der Waals surface area (Å²) in [6, 6.07) is 5.47. The molecule has 0 spiro atoms. The first-order chi connectivity index (χ1) is 8.27. The van der Waals surface area contributed by atoms with E-state index in [0.717, 1.165) is 0 Å². The first-order valence-electron chi connectivity index (χ1n) is 5.59. The molecule has 1 heterocycles. The van der Waals surface area contributed by atoms with Crippen LogP contribution >= 0.6 is 0 Å². The Balaban J connectivity index is 2.67. The third-order valence-electron chi connectivity index (χ3n) is 2.05. The molecule has 4 heteroatoms. The topological polar surface area (TPSA) is 51.5 Å². The first-order valence-corrected chi connectivity index (χ1v) is 5.59. The summed E-state index contributed by atoms with van der Waals surface area (Å²) in [6.07, 6.45) is 5.51. The lowest BCUT2D eigenvalue weighted by Gasteiger charge is -2.02. The van der Waals surface area contributed by atoms with Gasteiger partial charge in [0.2, 0.25) is 0 Å². The number of ether oxygens (including phenoxy) is 1. The van der Waals surface area contributed by atoms with Crippen LogP contribution in [0.3, 0.4) is 0 Å². The lowest BCUT2D eigenvalue weighted by molar-refractivity contribution is -0.138. The second kappa shape index (κ2) is 7.33. The minimum Gasteiger partial charge on any atom is -0.463 e. The van der Waals surface area contributed by atoms with E-state index < -0.39 is 0 Å². The number of aliphatic imine (C=N–C) groups is 1. The van der Waals surface area contributed by atoms with Gasteiger partial charge in [-0.2, -0.15) is 0 Å². The molecule has 0 atom stereocenters. The highest BCUT2D eigenvalue weighted by molar-refractivity contribution is 5.93. The largest absolute Gasteiger partial charge is 0.463 e. The van der Waals surface area contributed by atoms with Crippen molar-refractivity contribution in [2.75, 3.05) is 6.61 Å². The fourth-order valence-electron chi connectivity index (χ4n) is 1.19. The molecule has 0 aliphatic heterocycles. The van der Waals surface area contributed by atoms with Crippen LogP contribution < -0.4 is 0 Å². The molecule has 0 amide bonds. The molecule has 17 heavy (non-hydrogen) atoms. The smallest absolute Gasteiger partial charge is 0.334 e. The van der Waals surface area contributed by atoms with E-state index in [0.29, 0.717) is 24.4 Å². The zero-order valence-electron chi connectivity index (χ0n) is 10.1. The molecule has 1 aromatic heterocycles. The van der Waals surface area contributed by atoms with Gasteiger partial charge in [-0.25, -0.2) is 14.8 Å². The molecule has 90 valence electrons. The third-order valence-corrected chi connectivity index (χ3v) is 2.05. The van der Waals surface area contributed by atoms with Gasteiger partial charge in [-0.15, -0.1) is 0 Å². The number of hydrogen-bond donors (Lipinski definition) is 0. The van der Waals surface area contributed by atoms with E-state index in [1.165, 1.54) is 0 Å². The zero-order valence-corrected chi connectivity index (χ0v) is 10.1. The molecular formula is C13H16N2O2. The second-order valence-corrected chi connectivity index (χ2v) is 3.23. The van der Waals surface area contributed by atoms with Gasteiger partial charge in [0.05, 0.1) is 6.61 Å². The number of esters is 1. The van der Waals surface area contributed by atoms with Crippen molar-refractivity contribution < 1.29 is 9.53 Å². The Hall–Kier alpha value is -1.97. The predicted octanol–water partition coefficient (Wildman–Crippen LogP) is 2.68. The molecule has 0 aliphatic rings. The minimum atomic E-state index is -0.289. The van der Waals surface area contributed by atoms with Crippen LogP contribution in [0.2, 0.25) is 0 Å². The fraction of sp³-hybridized carbons (Fsp3) is 0.308. The van der Waals surface area contributed by atoms with Crippen LogP contribution in [0.15, 0.2) is 41.0 Å². The molecule has 0 saturated carbocycles. The van der Waals surface area contributed by atoms with E-state index in [4.69, 9.17) is 4.74 Å². The number of rotatable bonds is 5. The van der Waals surface area contributed by atoms with Crippen molar-refractivity contribution in [3.63, 3.8) is 0 Å². The van der Waals surface area contributed by atoms with Crippen LogP contribution in [0.5, 0.6) is 0 Å². The highest BCUT2D eigenvalue weighted by Crippen LogP contribution is 2.06. The SMILES string of the molecule is CCOC(=O)/C(=C/C=N/c1ccccn1)CC. The standard InChI is InChI=1S/C13H16N2O2/c1-3-11(13(16)17-4-2)8-10-15-12-7-5-6-9-14-12/h5-10H,3-4H2,1-2H3/b11-8+,15-10+. The van der Waals surface area contributed by atoms with Gasteiger partial charge in [0.1, 0.15) is 0 Å². The van der Waals surface area contributed by atoms with Crippen LogP contribution in [-0.2, 0) is 9.53 Å². The van der Waals surface area contributed by atoms with Gasteiger partial charge < -0.3 is 4.74 Å². The third kappa shape index (κ3) is 4.59. The maximum absolute atomic E-state index is 11.4. The Kier molecular flexibility index (Phi) is 5.64. The van der Waals surface area contributed by atoms with Gasteiger partial charge in [-0.1, -0.05) is 13.0 Å². The Labute approximate surface area is 101 Å². The van der Waals surface area contributed by atoms with Gasteiger partial charge in [0, 0.05) is 18.0 Å². The summed E-state index contributed by atoms with van der Waals surface area (Å²) < 4.78 is 4.91. The van der Waals surface area contributed by atoms with Crippen molar-refractivity contribution in [3.05, 3.63) is 36.0 Å². The Morgan fingerprint density at radius 1 is 1.47 bits per heavy atom. The van der Waals surface area contributed by atoms with Gasteiger partial charge in [0.15, 0.2) is 5.82 Å². The molecule has 1 aromatic rings. The van der Waals surface area contributed by atoms with Crippen molar-refractivity contribution in [2.45, 2.75) is 20.3 Å². The number of carbonyl (C=O) groups excluding carboxylic acids is 1. The van der Waals surface area contributed by atoms with E-state index in [1.54, 1.807) is 31.5 Å². The number of hydrogen-bond acceptors (Lipinski definition) is 4. The summed E-state index contributed by atoms with van der Waals surface area (Å²) in [5.41, 5.74) is 0.603. The molecule has 0 N–H and O–H groups in total. The average Bonchev–Trinajstić information content (AvgIpc) is 2.36. The maximum Gasteiger partial charge on any atom is 0.334 e. The Morgan fingerprint density at radius 3 is 2.88 bits per heavy atom. The number of carbonyl (C=O) groups is 1. The molecule has 0 aliphatic carbocycles. The molecule has 0 aromatic carbocycles. The molecular weight excluding hydrogens is 216 g/mol. The van der Waals surface area contributed by atoms with E-state index in [1.807, 2.05) is 19.1 Å². The van der Waals surface area contributed by atoms with Crippen LogP contribution in [0.4, 0.5) is 5.82 Å². The number of nitrogens with zero attached hydrogens (tertiary/aromatic N) is 2. The van der Waals surface area contributed by atoms with E-state index in [-0.39, 0.29) is 5.97 Å². The molecule has 0 radical (unpaired) electrons. The molecule has 0 fully saturated rings. The maximum atomic E-state index is 11.4. The van der Waals surface area contributed by atoms with Crippen LogP contribution in [-0.4, -0.2) is 23.8 Å². The lowest BCUT2D eigenvalue weighted by Crippen LogP contribution is -2.07. The van der Waals surface area contributed by atoms with Crippen molar-refractivity contribution in [2.24, 2.45) is 4.99 Å². The van der Waals surface area contributed by atoms with Gasteiger partial charge in [-0.05, 0) is 31.6 Å². The van der Waals surface area contributed by atoms with Gasteiger partial charge >= 0.3 is 5.97 Å². The van der Waals surface area contributed by atoms with Crippen LogP contribution in [0.1, 0.15) is 20.3 Å². The summed E-state index contributed by atoms with van der Waals surface area (Å²) >= 11 is 0. The van der Waals surface area contributed by atoms with Gasteiger partial charge in [0.25, 0.3) is 0 Å². The number of aromatic nitrogens is 1. The van der Waals surface area contributed by atoms with E-state index >= 15 is 0 Å². The van der Waals surface area contributed by atoms with Gasteiger partial charge in [-0.3, -0.25) is 0 Å². The molecule has 1 rings (SSSR count). The van der Waals surface area contributed by atoms with E-state index in [9.17, 15) is 4.79 Å². The summed E-state index contributed by atoms with van der Waals surface area (Å²) in [7, 11) is 0. The number of pyridine rings is 1. The van der Waals surface area contributed by atoms with Crippen molar-refractivity contribution in [1.29, 1.82) is 0 Å². The molecule has 4 nitrogen and oxygen atoms in total. The summed E-state index contributed by atoms with van der Waals surface area (Å²) in [5.74, 6) is 0.325. The fourth-order valence-corrected chi connectivity index (χ4v) is 1.19.